The summed E-state index contributed by atoms with van der Waals surface area (Å²) in [6, 6.07) is 5.06. The lowest BCUT2D eigenvalue weighted by atomic mass is 9.96. The summed E-state index contributed by atoms with van der Waals surface area (Å²) in [4.78, 5) is 38.3. The van der Waals surface area contributed by atoms with Crippen LogP contribution in [-0.4, -0.2) is 52.9 Å². The number of nitro groups is 1. The third kappa shape index (κ3) is 3.21. The van der Waals surface area contributed by atoms with Crippen molar-refractivity contribution >= 4 is 29.3 Å². The maximum absolute atomic E-state index is 12.9. The summed E-state index contributed by atoms with van der Waals surface area (Å²) in [5.74, 6) is -0.581. The Morgan fingerprint density at radius 3 is 2.64 bits per heavy atom. The van der Waals surface area contributed by atoms with E-state index in [-0.39, 0.29) is 23.6 Å². The third-order valence-electron chi connectivity index (χ3n) is 4.88. The second-order valence-electron chi connectivity index (χ2n) is 6.88. The van der Waals surface area contributed by atoms with Crippen molar-refractivity contribution < 1.29 is 19.2 Å². The molecule has 0 aliphatic carbocycles. The maximum atomic E-state index is 12.9. The minimum atomic E-state index is -0.743. The van der Waals surface area contributed by atoms with Crippen LogP contribution in [0.1, 0.15) is 18.9 Å². The number of amides is 1. The van der Waals surface area contributed by atoms with Gasteiger partial charge in [0.1, 0.15) is 12.6 Å². The second kappa shape index (κ2) is 6.89. The minimum Gasteiger partial charge on any atom is -0.459 e. The van der Waals surface area contributed by atoms with Crippen molar-refractivity contribution in [1.82, 2.24) is 19.9 Å². The van der Waals surface area contributed by atoms with Gasteiger partial charge in [0.2, 0.25) is 5.91 Å². The van der Waals surface area contributed by atoms with Gasteiger partial charge in [0.25, 0.3) is 5.69 Å². The average Bonchev–Trinajstić information content (AvgIpc) is 3.24. The number of thioether (sulfide) groups is 1. The van der Waals surface area contributed by atoms with E-state index in [1.54, 1.807) is 41.2 Å². The molecule has 0 bridgehead atoms. The van der Waals surface area contributed by atoms with Gasteiger partial charge < -0.3 is 9.64 Å². The standard InChI is InChI=1S/C17H17N5O5S/c1-17(10-20-18-6-7-19-20)15(21-13(23)8-14(21)28-17)16(24)27-9-11-2-4-12(5-3-11)22(25)26/h2-7,14-15H,8-10H2,1H3/t14-,15+,17+/m1/s1. The van der Waals surface area contributed by atoms with Crippen LogP contribution in [0.3, 0.4) is 0 Å². The van der Waals surface area contributed by atoms with E-state index in [4.69, 9.17) is 4.74 Å². The molecule has 3 atom stereocenters. The molecular weight excluding hydrogens is 386 g/mol. The predicted octanol–water partition coefficient (Wildman–Crippen LogP) is 1.36. The number of aromatic nitrogens is 3. The number of β-lactam (4-membered cyclic amide) rings is 1. The predicted molar refractivity (Wildman–Crippen MR) is 97.9 cm³/mol. The largest absolute Gasteiger partial charge is 0.459 e. The Morgan fingerprint density at radius 1 is 1.36 bits per heavy atom. The van der Waals surface area contributed by atoms with E-state index in [0.29, 0.717) is 18.5 Å². The number of esters is 1. The van der Waals surface area contributed by atoms with Gasteiger partial charge in [0.05, 0.1) is 40.4 Å². The summed E-state index contributed by atoms with van der Waals surface area (Å²) in [6.45, 7) is 2.24. The first-order valence-electron chi connectivity index (χ1n) is 8.60. The van der Waals surface area contributed by atoms with Gasteiger partial charge in [-0.15, -0.1) is 11.8 Å². The van der Waals surface area contributed by atoms with E-state index >= 15 is 0 Å². The molecule has 1 aromatic carbocycles. The summed E-state index contributed by atoms with van der Waals surface area (Å²) in [6.07, 6.45) is 3.52. The highest BCUT2D eigenvalue weighted by Gasteiger charge is 2.61. The van der Waals surface area contributed by atoms with Crippen LogP contribution in [0.25, 0.3) is 0 Å². The Morgan fingerprint density at radius 2 is 2.04 bits per heavy atom. The second-order valence-corrected chi connectivity index (χ2v) is 8.60. The number of fused-ring (bicyclic) bond motifs is 1. The lowest BCUT2D eigenvalue weighted by Crippen LogP contribution is -2.58. The fourth-order valence-electron chi connectivity index (χ4n) is 3.52. The zero-order valence-electron chi connectivity index (χ0n) is 14.9. The van der Waals surface area contributed by atoms with E-state index in [9.17, 15) is 19.7 Å². The highest BCUT2D eigenvalue weighted by molar-refractivity contribution is 8.01. The molecule has 28 heavy (non-hydrogen) atoms. The van der Waals surface area contributed by atoms with Crippen LogP contribution >= 0.6 is 11.8 Å². The SMILES string of the molecule is C[C@@]1(Cn2nccn2)S[C@@H]2CC(=O)N2[C@H]1C(=O)OCc1ccc([N+](=O)[O-])cc1. The number of rotatable bonds is 6. The number of nitrogens with zero attached hydrogens (tertiary/aromatic N) is 5. The minimum absolute atomic E-state index is 0.0270. The van der Waals surface area contributed by atoms with Gasteiger partial charge in [-0.25, -0.2) is 4.79 Å². The Balaban J connectivity index is 1.48. The van der Waals surface area contributed by atoms with Crippen molar-refractivity contribution in [2.75, 3.05) is 0 Å². The zero-order valence-corrected chi connectivity index (χ0v) is 15.7. The van der Waals surface area contributed by atoms with Gasteiger partial charge in [0, 0.05) is 12.1 Å². The Kier molecular flexibility index (Phi) is 4.53. The van der Waals surface area contributed by atoms with E-state index in [2.05, 4.69) is 10.2 Å². The van der Waals surface area contributed by atoms with Crippen molar-refractivity contribution in [2.45, 2.75) is 42.7 Å². The van der Waals surface area contributed by atoms with E-state index < -0.39 is 21.7 Å². The lowest BCUT2D eigenvalue weighted by molar-refractivity contribution is -0.384. The molecule has 10 nitrogen and oxygen atoms in total. The van der Waals surface area contributed by atoms with Gasteiger partial charge in [-0.2, -0.15) is 15.0 Å². The Labute approximate surface area is 164 Å². The average molecular weight is 403 g/mol. The van der Waals surface area contributed by atoms with E-state index in [1.165, 1.54) is 16.9 Å². The summed E-state index contributed by atoms with van der Waals surface area (Å²) in [5.41, 5.74) is 0.599. The smallest absolute Gasteiger partial charge is 0.330 e. The van der Waals surface area contributed by atoms with Crippen LogP contribution < -0.4 is 0 Å². The number of benzene rings is 1. The van der Waals surface area contributed by atoms with Crippen LogP contribution in [0.5, 0.6) is 0 Å². The highest BCUT2D eigenvalue weighted by atomic mass is 32.2. The first-order chi connectivity index (χ1) is 13.4. The molecule has 2 aliphatic rings. The number of non-ortho nitro benzene ring substituents is 1. The summed E-state index contributed by atoms with van der Waals surface area (Å²) in [5, 5.41) is 18.9. The fraction of sp³-hybridized carbons (Fsp3) is 0.412. The molecule has 146 valence electrons. The topological polar surface area (TPSA) is 120 Å². The third-order valence-corrected chi connectivity index (χ3v) is 6.44. The van der Waals surface area contributed by atoms with Gasteiger partial charge in [-0.05, 0) is 24.6 Å². The van der Waals surface area contributed by atoms with E-state index in [1.807, 2.05) is 6.92 Å². The molecule has 2 saturated heterocycles. The monoisotopic (exact) mass is 403 g/mol. The first-order valence-corrected chi connectivity index (χ1v) is 9.48. The molecule has 0 radical (unpaired) electrons. The summed E-state index contributed by atoms with van der Waals surface area (Å²) >= 11 is 1.56. The maximum Gasteiger partial charge on any atom is 0.330 e. The van der Waals surface area contributed by atoms with Crippen molar-refractivity contribution in [3.05, 3.63) is 52.3 Å². The van der Waals surface area contributed by atoms with Crippen molar-refractivity contribution in [2.24, 2.45) is 0 Å². The molecule has 0 spiro atoms. The molecule has 2 aliphatic heterocycles. The van der Waals surface area contributed by atoms with Crippen LogP contribution in [0.2, 0.25) is 0 Å². The molecule has 0 saturated carbocycles. The normalized spacial score (nSPS) is 25.9. The number of carbonyl (C=O) groups excluding carboxylic acids is 2. The lowest BCUT2D eigenvalue weighted by Gasteiger charge is -2.37. The van der Waals surface area contributed by atoms with Gasteiger partial charge in [-0.1, -0.05) is 0 Å². The van der Waals surface area contributed by atoms with Gasteiger partial charge in [-0.3, -0.25) is 14.9 Å². The Hall–Kier alpha value is -2.95. The summed E-state index contributed by atoms with van der Waals surface area (Å²) in [7, 11) is 0. The van der Waals surface area contributed by atoms with Crippen molar-refractivity contribution in [3.8, 4) is 0 Å². The zero-order chi connectivity index (χ0) is 19.9. The van der Waals surface area contributed by atoms with Crippen LogP contribution in [0, 0.1) is 10.1 Å². The summed E-state index contributed by atoms with van der Waals surface area (Å²) < 4.78 is 4.84. The number of ether oxygens (including phenoxy) is 1. The van der Waals surface area contributed by atoms with Gasteiger partial charge >= 0.3 is 5.97 Å². The fourth-order valence-corrected chi connectivity index (χ4v) is 5.25. The number of nitro benzene ring substituents is 1. The molecule has 1 amide bonds. The number of carbonyl (C=O) groups is 2. The van der Waals surface area contributed by atoms with Crippen molar-refractivity contribution in [1.29, 1.82) is 0 Å². The molecule has 11 heteroatoms. The van der Waals surface area contributed by atoms with Crippen LogP contribution in [0.4, 0.5) is 5.69 Å². The number of hydrogen-bond donors (Lipinski definition) is 0. The Bertz CT molecular complexity index is 919. The highest BCUT2D eigenvalue weighted by Crippen LogP contribution is 2.51. The van der Waals surface area contributed by atoms with Crippen LogP contribution in [0.15, 0.2) is 36.7 Å². The molecule has 2 fully saturated rings. The first kappa shape index (κ1) is 18.4. The number of hydrogen-bond acceptors (Lipinski definition) is 8. The molecule has 3 heterocycles. The van der Waals surface area contributed by atoms with Crippen molar-refractivity contribution in [3.63, 3.8) is 0 Å². The molecule has 4 rings (SSSR count). The molecule has 0 N–H and O–H groups in total. The molecule has 0 unspecified atom stereocenters. The van der Waals surface area contributed by atoms with Crippen LogP contribution in [-0.2, 0) is 27.5 Å². The molecular formula is C17H17N5O5S. The molecule has 1 aromatic heterocycles. The van der Waals surface area contributed by atoms with E-state index in [0.717, 1.165) is 0 Å². The molecule has 2 aromatic rings. The van der Waals surface area contributed by atoms with Gasteiger partial charge in [0.15, 0.2) is 0 Å². The quantitative estimate of drug-likeness (QED) is 0.307.